The zero-order valence-corrected chi connectivity index (χ0v) is 13.3. The van der Waals surface area contributed by atoms with Crippen LogP contribution in [0.1, 0.15) is 18.6 Å². The van der Waals surface area contributed by atoms with E-state index in [9.17, 15) is 5.11 Å². The van der Waals surface area contributed by atoms with Gasteiger partial charge in [0.05, 0.1) is 39.1 Å². The Morgan fingerprint density at radius 3 is 2.29 bits per heavy atom. The molecule has 0 aliphatic carbocycles. The Bertz CT molecular complexity index is 398. The summed E-state index contributed by atoms with van der Waals surface area (Å²) in [6.45, 7) is 4.72. The average Bonchev–Trinajstić information content (AvgIpc) is 2.46. The van der Waals surface area contributed by atoms with Crippen LogP contribution in [0.3, 0.4) is 0 Å². The van der Waals surface area contributed by atoms with Gasteiger partial charge in [0.2, 0.25) is 0 Å². The molecule has 0 aliphatic heterocycles. The van der Waals surface area contributed by atoms with Crippen LogP contribution in [-0.4, -0.2) is 51.9 Å². The summed E-state index contributed by atoms with van der Waals surface area (Å²) in [6, 6.07) is 5.18. The van der Waals surface area contributed by atoms with E-state index < -0.39 is 6.10 Å². The van der Waals surface area contributed by atoms with Crippen LogP contribution in [0.25, 0.3) is 0 Å². The van der Waals surface area contributed by atoms with E-state index in [2.05, 4.69) is 0 Å². The molecule has 0 amide bonds. The van der Waals surface area contributed by atoms with Crippen LogP contribution in [0.4, 0.5) is 0 Å². The van der Waals surface area contributed by atoms with Crippen LogP contribution in [0, 0.1) is 0 Å². The van der Waals surface area contributed by atoms with E-state index >= 15 is 0 Å². The number of hydrogen-bond acceptors (Lipinski definition) is 5. The van der Waals surface area contributed by atoms with Gasteiger partial charge < -0.3 is 24.1 Å². The second-order valence-electron chi connectivity index (χ2n) is 4.42. The summed E-state index contributed by atoms with van der Waals surface area (Å²) >= 11 is 5.90. The highest BCUT2D eigenvalue weighted by molar-refractivity contribution is 6.30. The van der Waals surface area contributed by atoms with E-state index in [4.69, 9.17) is 30.5 Å². The largest absolute Gasteiger partial charge is 0.491 e. The Labute approximate surface area is 130 Å². The lowest BCUT2D eigenvalue weighted by Crippen LogP contribution is -2.13. The average molecular weight is 319 g/mol. The van der Waals surface area contributed by atoms with E-state index in [0.29, 0.717) is 56.0 Å². The van der Waals surface area contributed by atoms with E-state index in [0.717, 1.165) is 0 Å². The van der Waals surface area contributed by atoms with Crippen LogP contribution in [0.2, 0.25) is 5.02 Å². The lowest BCUT2D eigenvalue weighted by atomic mass is 10.1. The molecular weight excluding hydrogens is 296 g/mol. The van der Waals surface area contributed by atoms with Gasteiger partial charge in [-0.2, -0.15) is 0 Å². The third-order valence-corrected chi connectivity index (χ3v) is 2.95. The van der Waals surface area contributed by atoms with Gasteiger partial charge in [0.15, 0.2) is 0 Å². The van der Waals surface area contributed by atoms with Crippen molar-refractivity contribution in [3.05, 3.63) is 28.8 Å². The first-order valence-corrected chi connectivity index (χ1v) is 7.27. The molecule has 0 spiro atoms. The molecule has 1 N–H and O–H groups in total. The zero-order chi connectivity index (χ0) is 15.5. The first-order valence-electron chi connectivity index (χ1n) is 6.90. The van der Waals surface area contributed by atoms with Crippen molar-refractivity contribution in [1.82, 2.24) is 0 Å². The smallest absolute Gasteiger partial charge is 0.125 e. The summed E-state index contributed by atoms with van der Waals surface area (Å²) in [5, 5.41) is 10.2. The molecule has 0 fully saturated rings. The summed E-state index contributed by atoms with van der Waals surface area (Å²) in [6.07, 6.45) is -0.631. The van der Waals surface area contributed by atoms with Gasteiger partial charge in [0.1, 0.15) is 12.4 Å². The molecule has 1 rings (SSSR count). The maximum Gasteiger partial charge on any atom is 0.125 e. The maximum atomic E-state index is 9.68. The molecule has 0 aromatic heterocycles. The fourth-order valence-corrected chi connectivity index (χ4v) is 1.83. The molecule has 1 aromatic rings. The van der Waals surface area contributed by atoms with Crippen LogP contribution in [0.5, 0.6) is 5.75 Å². The lowest BCUT2D eigenvalue weighted by molar-refractivity contribution is 0.0177. The molecule has 21 heavy (non-hydrogen) atoms. The Hall–Kier alpha value is -0.850. The Kier molecular flexibility index (Phi) is 9.37. The first-order chi connectivity index (χ1) is 10.1. The SMILES string of the molecule is COCCOCCOCCOc1ccc(Cl)cc1[C@@H](C)O. The maximum absolute atomic E-state index is 9.68. The number of halogens is 1. The van der Waals surface area contributed by atoms with E-state index in [1.54, 1.807) is 32.2 Å². The fourth-order valence-electron chi connectivity index (χ4n) is 1.65. The molecule has 6 heteroatoms. The Morgan fingerprint density at radius 2 is 1.67 bits per heavy atom. The van der Waals surface area contributed by atoms with Gasteiger partial charge in [-0.05, 0) is 25.1 Å². The summed E-state index contributed by atoms with van der Waals surface area (Å²) in [5.41, 5.74) is 0.672. The van der Waals surface area contributed by atoms with Crippen LogP contribution in [-0.2, 0) is 14.2 Å². The van der Waals surface area contributed by atoms with E-state index in [-0.39, 0.29) is 0 Å². The number of aliphatic hydroxyl groups is 1. The molecule has 5 nitrogen and oxygen atoms in total. The van der Waals surface area contributed by atoms with E-state index in [1.165, 1.54) is 0 Å². The van der Waals surface area contributed by atoms with Gasteiger partial charge in [-0.25, -0.2) is 0 Å². The van der Waals surface area contributed by atoms with Crippen molar-refractivity contribution in [1.29, 1.82) is 0 Å². The van der Waals surface area contributed by atoms with E-state index in [1.807, 2.05) is 0 Å². The van der Waals surface area contributed by atoms with Gasteiger partial charge in [-0.3, -0.25) is 0 Å². The van der Waals surface area contributed by atoms with Crippen LogP contribution >= 0.6 is 11.6 Å². The Balaban J connectivity index is 2.18. The minimum absolute atomic E-state index is 0.402. The second kappa shape index (κ2) is 10.8. The highest BCUT2D eigenvalue weighted by Crippen LogP contribution is 2.28. The third kappa shape index (κ3) is 7.64. The molecule has 0 heterocycles. The quantitative estimate of drug-likeness (QED) is 0.635. The summed E-state index contributed by atoms with van der Waals surface area (Å²) in [7, 11) is 1.63. The fraction of sp³-hybridized carbons (Fsp3) is 0.600. The molecule has 0 aliphatic rings. The first kappa shape index (κ1) is 18.2. The zero-order valence-electron chi connectivity index (χ0n) is 12.5. The number of rotatable bonds is 11. The Morgan fingerprint density at radius 1 is 1.05 bits per heavy atom. The number of ether oxygens (including phenoxy) is 4. The molecule has 1 atom stereocenters. The number of benzene rings is 1. The van der Waals surface area contributed by atoms with Gasteiger partial charge >= 0.3 is 0 Å². The predicted octanol–water partition coefficient (Wildman–Crippen LogP) is 2.45. The van der Waals surface area contributed by atoms with Crippen molar-refractivity contribution in [2.45, 2.75) is 13.0 Å². The minimum Gasteiger partial charge on any atom is -0.491 e. The molecule has 0 saturated carbocycles. The monoisotopic (exact) mass is 318 g/mol. The van der Waals surface area contributed by atoms with Crippen molar-refractivity contribution in [2.75, 3.05) is 46.8 Å². The molecule has 0 unspecified atom stereocenters. The summed E-state index contributed by atoms with van der Waals surface area (Å²) in [4.78, 5) is 0. The number of hydrogen-bond donors (Lipinski definition) is 1. The van der Waals surface area contributed by atoms with Crippen molar-refractivity contribution in [3.8, 4) is 5.75 Å². The number of aliphatic hydroxyl groups excluding tert-OH is 1. The second-order valence-corrected chi connectivity index (χ2v) is 4.86. The van der Waals surface area contributed by atoms with Crippen LogP contribution < -0.4 is 4.74 Å². The normalized spacial score (nSPS) is 12.4. The lowest BCUT2D eigenvalue weighted by Gasteiger charge is -2.14. The van der Waals surface area contributed by atoms with Gasteiger partial charge in [-0.1, -0.05) is 11.6 Å². The van der Waals surface area contributed by atoms with Crippen molar-refractivity contribution >= 4 is 11.6 Å². The van der Waals surface area contributed by atoms with Gasteiger partial charge in [-0.15, -0.1) is 0 Å². The molecule has 0 bridgehead atoms. The van der Waals surface area contributed by atoms with Crippen LogP contribution in [0.15, 0.2) is 18.2 Å². The molecule has 120 valence electrons. The topological polar surface area (TPSA) is 57.2 Å². The summed E-state index contributed by atoms with van der Waals surface area (Å²) < 4.78 is 21.1. The molecular formula is C15H23ClO5. The molecule has 0 radical (unpaired) electrons. The standard InChI is InChI=1S/C15H23ClO5/c1-12(17)14-11-13(16)3-4-15(14)21-10-9-20-8-7-19-6-5-18-2/h3-4,11-12,17H,5-10H2,1-2H3/t12-/m1/s1. The summed E-state index contributed by atoms with van der Waals surface area (Å²) in [5.74, 6) is 0.620. The minimum atomic E-state index is -0.631. The molecule has 0 saturated heterocycles. The van der Waals surface area contributed by atoms with Gasteiger partial charge in [0, 0.05) is 17.7 Å². The van der Waals surface area contributed by atoms with Gasteiger partial charge in [0.25, 0.3) is 0 Å². The molecule has 1 aromatic carbocycles. The van der Waals surface area contributed by atoms with Crippen molar-refractivity contribution < 1.29 is 24.1 Å². The number of methoxy groups -OCH3 is 1. The third-order valence-electron chi connectivity index (χ3n) is 2.71. The highest BCUT2D eigenvalue weighted by atomic mass is 35.5. The highest BCUT2D eigenvalue weighted by Gasteiger charge is 2.09. The van der Waals surface area contributed by atoms with Crippen molar-refractivity contribution in [2.24, 2.45) is 0 Å². The van der Waals surface area contributed by atoms with Crippen molar-refractivity contribution in [3.63, 3.8) is 0 Å². The predicted molar refractivity (Wildman–Crippen MR) is 81.1 cm³/mol.